The summed E-state index contributed by atoms with van der Waals surface area (Å²) in [6.45, 7) is 10.3. The molecule has 1 aromatic carbocycles. The zero-order chi connectivity index (χ0) is 21.4. The van der Waals surface area contributed by atoms with Crippen molar-refractivity contribution in [1.82, 2.24) is 24.5 Å². The number of aryl methyl sites for hydroxylation is 1. The average Bonchev–Trinajstić information content (AvgIpc) is 3.52. The van der Waals surface area contributed by atoms with Gasteiger partial charge in [-0.05, 0) is 63.2 Å². The second-order valence-electron chi connectivity index (χ2n) is 8.49. The van der Waals surface area contributed by atoms with Crippen LogP contribution in [0.2, 0.25) is 5.02 Å². The van der Waals surface area contributed by atoms with Gasteiger partial charge < -0.3 is 9.80 Å². The number of thiophene rings is 1. The minimum Gasteiger partial charge on any atom is -0.335 e. The van der Waals surface area contributed by atoms with Gasteiger partial charge in [0.05, 0.1) is 16.3 Å². The van der Waals surface area contributed by atoms with Crippen molar-refractivity contribution in [3.05, 3.63) is 45.9 Å². The van der Waals surface area contributed by atoms with Gasteiger partial charge in [0.15, 0.2) is 0 Å². The molecule has 31 heavy (non-hydrogen) atoms. The van der Waals surface area contributed by atoms with Crippen molar-refractivity contribution >= 4 is 39.1 Å². The molecule has 1 amide bonds. The lowest BCUT2D eigenvalue weighted by molar-refractivity contribution is 0.0631. The van der Waals surface area contributed by atoms with Crippen molar-refractivity contribution in [3.63, 3.8) is 0 Å². The van der Waals surface area contributed by atoms with Crippen molar-refractivity contribution in [2.75, 3.05) is 52.4 Å². The number of amides is 1. The number of benzene rings is 1. The Morgan fingerprint density at radius 2 is 1.65 bits per heavy atom. The Morgan fingerprint density at radius 3 is 2.32 bits per heavy atom. The number of halogens is 1. The SMILES string of the molecule is Cc1nn(-c2ccc(Cl)cc2)c2sc(C(=O)N3CCN(CCN4CCCC4)CC3)cc12. The molecule has 2 fully saturated rings. The van der Waals surface area contributed by atoms with E-state index >= 15 is 0 Å². The van der Waals surface area contributed by atoms with E-state index < -0.39 is 0 Å². The molecule has 164 valence electrons. The minimum atomic E-state index is 0.141. The Kier molecular flexibility index (Phi) is 6.01. The van der Waals surface area contributed by atoms with E-state index in [1.54, 1.807) is 0 Å². The van der Waals surface area contributed by atoms with Gasteiger partial charge in [-0.25, -0.2) is 4.68 Å². The van der Waals surface area contributed by atoms with E-state index in [0.29, 0.717) is 5.02 Å². The van der Waals surface area contributed by atoms with E-state index in [9.17, 15) is 4.79 Å². The summed E-state index contributed by atoms with van der Waals surface area (Å²) >= 11 is 7.56. The topological polar surface area (TPSA) is 44.6 Å². The van der Waals surface area contributed by atoms with Crippen molar-refractivity contribution < 1.29 is 4.79 Å². The molecule has 2 saturated heterocycles. The van der Waals surface area contributed by atoms with Gasteiger partial charge >= 0.3 is 0 Å². The van der Waals surface area contributed by atoms with Crippen molar-refractivity contribution in [2.45, 2.75) is 19.8 Å². The molecule has 0 atom stereocenters. The average molecular weight is 458 g/mol. The van der Waals surface area contributed by atoms with Crippen molar-refractivity contribution in [2.24, 2.45) is 0 Å². The molecule has 0 bridgehead atoms. The standard InChI is InChI=1S/C23H28ClN5OS/c1-17-20-16-21(31-23(20)29(25-17)19-6-4-18(24)5-7-19)22(30)28-14-12-27(13-15-28)11-10-26-8-2-3-9-26/h4-7,16H,2-3,8-15H2,1H3. The number of hydrogen-bond acceptors (Lipinski definition) is 5. The molecule has 8 heteroatoms. The Labute approximate surface area is 192 Å². The zero-order valence-electron chi connectivity index (χ0n) is 17.9. The number of likely N-dealkylation sites (tertiary alicyclic amines) is 1. The van der Waals surface area contributed by atoms with E-state index in [-0.39, 0.29) is 5.91 Å². The monoisotopic (exact) mass is 457 g/mol. The number of nitrogens with zero attached hydrogens (tertiary/aromatic N) is 5. The lowest BCUT2D eigenvalue weighted by atomic mass is 10.2. The maximum absolute atomic E-state index is 13.2. The zero-order valence-corrected chi connectivity index (χ0v) is 19.5. The predicted molar refractivity (Wildman–Crippen MR) is 127 cm³/mol. The number of carbonyl (C=O) groups is 1. The first-order chi connectivity index (χ1) is 15.1. The molecule has 4 heterocycles. The molecule has 0 radical (unpaired) electrons. The summed E-state index contributed by atoms with van der Waals surface area (Å²) in [6, 6.07) is 9.65. The highest BCUT2D eigenvalue weighted by molar-refractivity contribution is 7.20. The van der Waals surface area contributed by atoms with Gasteiger partial charge in [0.25, 0.3) is 5.91 Å². The third-order valence-corrected chi connectivity index (χ3v) is 7.77. The van der Waals surface area contributed by atoms with Crippen LogP contribution in [-0.2, 0) is 0 Å². The van der Waals surface area contributed by atoms with Gasteiger partial charge in [-0.3, -0.25) is 9.69 Å². The van der Waals surface area contributed by atoms with Crippen molar-refractivity contribution in [1.29, 1.82) is 0 Å². The maximum Gasteiger partial charge on any atom is 0.264 e. The first-order valence-corrected chi connectivity index (χ1v) is 12.3. The normalized spacial score (nSPS) is 18.3. The second-order valence-corrected chi connectivity index (χ2v) is 9.95. The molecular weight excluding hydrogens is 430 g/mol. The fourth-order valence-electron chi connectivity index (χ4n) is 4.53. The van der Waals surface area contributed by atoms with Crippen LogP contribution in [0.5, 0.6) is 0 Å². The first-order valence-electron chi connectivity index (χ1n) is 11.1. The molecule has 0 N–H and O–H groups in total. The third kappa shape index (κ3) is 4.37. The van der Waals surface area contributed by atoms with E-state index in [1.807, 2.05) is 46.8 Å². The maximum atomic E-state index is 13.2. The van der Waals surface area contributed by atoms with Gasteiger partial charge in [0, 0.05) is 49.7 Å². The summed E-state index contributed by atoms with van der Waals surface area (Å²) in [4.78, 5) is 22.1. The molecule has 6 nitrogen and oxygen atoms in total. The smallest absolute Gasteiger partial charge is 0.264 e. The molecule has 2 aliphatic rings. The number of hydrogen-bond donors (Lipinski definition) is 0. The van der Waals surface area contributed by atoms with Crippen LogP contribution in [0.15, 0.2) is 30.3 Å². The number of fused-ring (bicyclic) bond motifs is 1. The number of carbonyl (C=O) groups excluding carboxylic acids is 1. The Morgan fingerprint density at radius 1 is 1.00 bits per heavy atom. The second kappa shape index (κ2) is 8.90. The molecular formula is C23H28ClN5OS. The third-order valence-electron chi connectivity index (χ3n) is 6.42. The van der Waals surface area contributed by atoms with Gasteiger partial charge in [-0.1, -0.05) is 11.6 Å². The van der Waals surface area contributed by atoms with Crippen LogP contribution < -0.4 is 0 Å². The molecule has 0 spiro atoms. The van der Waals surface area contributed by atoms with E-state index in [0.717, 1.165) is 65.7 Å². The number of aromatic nitrogens is 2. The summed E-state index contributed by atoms with van der Waals surface area (Å²) in [6.07, 6.45) is 2.68. The molecule has 3 aromatic rings. The molecule has 0 aliphatic carbocycles. The van der Waals surface area contributed by atoms with Crippen LogP contribution in [0.3, 0.4) is 0 Å². The summed E-state index contributed by atoms with van der Waals surface area (Å²) < 4.78 is 1.92. The lowest BCUT2D eigenvalue weighted by Gasteiger charge is -2.35. The number of rotatable bonds is 5. The minimum absolute atomic E-state index is 0.141. The van der Waals surface area contributed by atoms with E-state index in [2.05, 4.69) is 14.9 Å². The van der Waals surface area contributed by atoms with Crippen LogP contribution in [-0.4, -0.2) is 82.7 Å². The number of piperazine rings is 1. The van der Waals surface area contributed by atoms with E-state index in [4.69, 9.17) is 11.6 Å². The highest BCUT2D eigenvalue weighted by Crippen LogP contribution is 2.31. The van der Waals surface area contributed by atoms with Gasteiger partial charge in [-0.15, -0.1) is 11.3 Å². The van der Waals surface area contributed by atoms with Gasteiger partial charge in [0.2, 0.25) is 0 Å². The van der Waals surface area contributed by atoms with Crippen molar-refractivity contribution in [3.8, 4) is 5.69 Å². The predicted octanol–water partition coefficient (Wildman–Crippen LogP) is 3.90. The summed E-state index contributed by atoms with van der Waals surface area (Å²) in [5.41, 5.74) is 1.89. The largest absolute Gasteiger partial charge is 0.335 e. The van der Waals surface area contributed by atoms with Crippen LogP contribution in [0.4, 0.5) is 0 Å². The fourth-order valence-corrected chi connectivity index (χ4v) is 5.81. The Hall–Kier alpha value is -1.93. The molecule has 5 rings (SSSR count). The van der Waals surface area contributed by atoms with E-state index in [1.165, 1.54) is 37.3 Å². The first kappa shape index (κ1) is 20.9. The van der Waals surface area contributed by atoms with Crippen LogP contribution in [0.1, 0.15) is 28.2 Å². The highest BCUT2D eigenvalue weighted by atomic mass is 35.5. The van der Waals surface area contributed by atoms with Gasteiger partial charge in [0.1, 0.15) is 4.83 Å². The highest BCUT2D eigenvalue weighted by Gasteiger charge is 2.25. The lowest BCUT2D eigenvalue weighted by Crippen LogP contribution is -2.50. The van der Waals surface area contributed by atoms with Crippen LogP contribution in [0.25, 0.3) is 15.9 Å². The molecule has 2 aromatic heterocycles. The summed E-state index contributed by atoms with van der Waals surface area (Å²) in [7, 11) is 0. The van der Waals surface area contributed by atoms with Crippen LogP contribution >= 0.6 is 22.9 Å². The van der Waals surface area contributed by atoms with Gasteiger partial charge in [-0.2, -0.15) is 5.10 Å². The quantitative estimate of drug-likeness (QED) is 0.582. The fraction of sp³-hybridized carbons (Fsp3) is 0.478. The molecule has 2 aliphatic heterocycles. The van der Waals surface area contributed by atoms with Crippen LogP contribution in [0, 0.1) is 6.92 Å². The summed E-state index contributed by atoms with van der Waals surface area (Å²) in [5, 5.41) is 6.42. The molecule has 0 unspecified atom stereocenters. The Balaban J connectivity index is 1.26. The summed E-state index contributed by atoms with van der Waals surface area (Å²) in [5.74, 6) is 0.141. The Bertz CT molecular complexity index is 1060. The molecule has 0 saturated carbocycles.